The third-order valence-corrected chi connectivity index (χ3v) is 3.90. The van der Waals surface area contributed by atoms with Crippen LogP contribution in [0.3, 0.4) is 0 Å². The second-order valence-electron chi connectivity index (χ2n) is 5.64. The Morgan fingerprint density at radius 2 is 1.58 bits per heavy atom. The number of carbonyl (C=O) groups excluding carboxylic acids is 2. The van der Waals surface area contributed by atoms with Gasteiger partial charge in [-0.1, -0.05) is 48.9 Å². The van der Waals surface area contributed by atoms with E-state index < -0.39 is 0 Å². The van der Waals surface area contributed by atoms with E-state index in [-0.39, 0.29) is 17.7 Å². The lowest BCUT2D eigenvalue weighted by molar-refractivity contribution is -0.124. The molecular formula is C19H21ClN2O2. The number of hydrogen-bond donors (Lipinski definition) is 2. The molecule has 0 aliphatic carbocycles. The lowest BCUT2D eigenvalue weighted by atomic mass is 10.0. The summed E-state index contributed by atoms with van der Waals surface area (Å²) in [6.07, 6.45) is 0.652. The van der Waals surface area contributed by atoms with Gasteiger partial charge in [0.25, 0.3) is 5.91 Å². The van der Waals surface area contributed by atoms with E-state index in [9.17, 15) is 9.59 Å². The SMILES string of the molecule is CC(Cc1ccc(Cl)cc1)C(=O)NCCNC(=O)c1ccccc1. The molecule has 0 bridgehead atoms. The highest BCUT2D eigenvalue weighted by Gasteiger charge is 2.13. The van der Waals surface area contributed by atoms with Gasteiger partial charge in [0.1, 0.15) is 0 Å². The Kier molecular flexibility index (Phi) is 6.82. The fourth-order valence-corrected chi connectivity index (χ4v) is 2.42. The van der Waals surface area contributed by atoms with Gasteiger partial charge in [0.05, 0.1) is 0 Å². The van der Waals surface area contributed by atoms with Crippen LogP contribution in [0, 0.1) is 5.92 Å². The summed E-state index contributed by atoms with van der Waals surface area (Å²) in [6, 6.07) is 16.5. The van der Waals surface area contributed by atoms with Crippen molar-refractivity contribution in [3.8, 4) is 0 Å². The molecule has 0 fully saturated rings. The number of nitrogens with one attached hydrogen (secondary N) is 2. The van der Waals surface area contributed by atoms with Gasteiger partial charge in [0, 0.05) is 29.6 Å². The van der Waals surface area contributed by atoms with Crippen LogP contribution in [0.5, 0.6) is 0 Å². The Morgan fingerprint density at radius 3 is 2.25 bits per heavy atom. The van der Waals surface area contributed by atoms with Crippen molar-refractivity contribution in [1.82, 2.24) is 10.6 Å². The van der Waals surface area contributed by atoms with Crippen LogP contribution in [0.4, 0.5) is 0 Å². The third kappa shape index (κ3) is 5.70. The highest BCUT2D eigenvalue weighted by atomic mass is 35.5. The van der Waals surface area contributed by atoms with E-state index in [1.165, 1.54) is 0 Å². The van der Waals surface area contributed by atoms with Gasteiger partial charge in [-0.25, -0.2) is 0 Å². The Morgan fingerprint density at radius 1 is 0.958 bits per heavy atom. The molecule has 0 aliphatic rings. The van der Waals surface area contributed by atoms with E-state index in [1.807, 2.05) is 49.4 Å². The molecule has 2 rings (SSSR count). The van der Waals surface area contributed by atoms with Crippen molar-refractivity contribution in [2.75, 3.05) is 13.1 Å². The van der Waals surface area contributed by atoms with Crippen LogP contribution < -0.4 is 10.6 Å². The third-order valence-electron chi connectivity index (χ3n) is 3.65. The molecule has 0 aromatic heterocycles. The highest BCUT2D eigenvalue weighted by molar-refractivity contribution is 6.30. The maximum Gasteiger partial charge on any atom is 0.251 e. The zero-order valence-electron chi connectivity index (χ0n) is 13.6. The average Bonchev–Trinajstić information content (AvgIpc) is 2.61. The molecule has 0 saturated carbocycles. The first-order valence-electron chi connectivity index (χ1n) is 7.91. The van der Waals surface area contributed by atoms with Gasteiger partial charge in [-0.3, -0.25) is 9.59 Å². The first-order chi connectivity index (χ1) is 11.6. The molecule has 2 amide bonds. The monoisotopic (exact) mass is 344 g/mol. The number of carbonyl (C=O) groups is 2. The van der Waals surface area contributed by atoms with Gasteiger partial charge in [-0.2, -0.15) is 0 Å². The molecule has 2 aromatic rings. The summed E-state index contributed by atoms with van der Waals surface area (Å²) >= 11 is 5.85. The standard InChI is InChI=1S/C19H21ClN2O2/c1-14(13-15-7-9-17(20)10-8-15)18(23)21-11-12-22-19(24)16-5-3-2-4-6-16/h2-10,14H,11-13H2,1H3,(H,21,23)(H,22,24). The molecule has 0 saturated heterocycles. The van der Waals surface area contributed by atoms with Crippen molar-refractivity contribution in [3.05, 3.63) is 70.7 Å². The van der Waals surface area contributed by atoms with Crippen molar-refractivity contribution < 1.29 is 9.59 Å². The maximum atomic E-state index is 12.1. The van der Waals surface area contributed by atoms with Crippen molar-refractivity contribution in [3.63, 3.8) is 0 Å². The van der Waals surface area contributed by atoms with Gasteiger partial charge in [-0.15, -0.1) is 0 Å². The van der Waals surface area contributed by atoms with Crippen LogP contribution in [-0.4, -0.2) is 24.9 Å². The second-order valence-corrected chi connectivity index (χ2v) is 6.08. The molecule has 2 aromatic carbocycles. The minimum absolute atomic E-state index is 0.0288. The molecule has 0 aliphatic heterocycles. The van der Waals surface area contributed by atoms with E-state index in [2.05, 4.69) is 10.6 Å². The molecule has 126 valence electrons. The lowest BCUT2D eigenvalue weighted by Crippen LogP contribution is -2.37. The molecule has 24 heavy (non-hydrogen) atoms. The summed E-state index contributed by atoms with van der Waals surface area (Å²) in [4.78, 5) is 23.9. The number of halogens is 1. The zero-order chi connectivity index (χ0) is 17.4. The summed E-state index contributed by atoms with van der Waals surface area (Å²) in [5.74, 6) is -0.311. The minimum atomic E-state index is -0.143. The van der Waals surface area contributed by atoms with Crippen molar-refractivity contribution >= 4 is 23.4 Å². The second kappa shape index (κ2) is 9.08. The highest BCUT2D eigenvalue weighted by Crippen LogP contribution is 2.13. The van der Waals surface area contributed by atoms with Crippen molar-refractivity contribution in [2.45, 2.75) is 13.3 Å². The van der Waals surface area contributed by atoms with Crippen molar-refractivity contribution in [2.24, 2.45) is 5.92 Å². The fourth-order valence-electron chi connectivity index (χ4n) is 2.29. The van der Waals surface area contributed by atoms with E-state index in [4.69, 9.17) is 11.6 Å². The molecule has 4 nitrogen and oxygen atoms in total. The Bertz CT molecular complexity index is 672. The van der Waals surface area contributed by atoms with Crippen LogP contribution in [0.1, 0.15) is 22.8 Å². The summed E-state index contributed by atoms with van der Waals surface area (Å²) in [5.41, 5.74) is 1.68. The minimum Gasteiger partial charge on any atom is -0.354 e. The van der Waals surface area contributed by atoms with Crippen molar-refractivity contribution in [1.29, 1.82) is 0 Å². The van der Waals surface area contributed by atoms with E-state index in [0.717, 1.165) is 5.56 Å². The van der Waals surface area contributed by atoms with Crippen LogP contribution in [0.15, 0.2) is 54.6 Å². The zero-order valence-corrected chi connectivity index (χ0v) is 14.3. The normalized spacial score (nSPS) is 11.6. The first-order valence-corrected chi connectivity index (χ1v) is 8.29. The number of benzene rings is 2. The molecule has 1 unspecified atom stereocenters. The summed E-state index contributed by atoms with van der Waals surface area (Å²) in [7, 11) is 0. The smallest absolute Gasteiger partial charge is 0.251 e. The van der Waals surface area contributed by atoms with E-state index in [0.29, 0.717) is 30.1 Å². The fraction of sp³-hybridized carbons (Fsp3) is 0.263. The molecule has 5 heteroatoms. The molecule has 1 atom stereocenters. The average molecular weight is 345 g/mol. The van der Waals surface area contributed by atoms with Crippen LogP contribution >= 0.6 is 11.6 Å². The quantitative estimate of drug-likeness (QED) is 0.758. The van der Waals surface area contributed by atoms with Gasteiger partial charge < -0.3 is 10.6 Å². The topological polar surface area (TPSA) is 58.2 Å². The summed E-state index contributed by atoms with van der Waals surface area (Å²) < 4.78 is 0. The first kappa shape index (κ1) is 18.0. The number of hydrogen-bond acceptors (Lipinski definition) is 2. The molecular weight excluding hydrogens is 324 g/mol. The molecule has 2 N–H and O–H groups in total. The largest absolute Gasteiger partial charge is 0.354 e. The van der Waals surface area contributed by atoms with Gasteiger partial charge >= 0.3 is 0 Å². The Hall–Kier alpha value is -2.33. The predicted molar refractivity (Wildman–Crippen MR) is 96.1 cm³/mol. The summed E-state index contributed by atoms with van der Waals surface area (Å²) in [5, 5.41) is 6.31. The lowest BCUT2D eigenvalue weighted by Gasteiger charge is -2.13. The van der Waals surface area contributed by atoms with E-state index >= 15 is 0 Å². The Labute approximate surface area is 147 Å². The number of rotatable bonds is 7. The van der Waals surface area contributed by atoms with Crippen LogP contribution in [0.2, 0.25) is 5.02 Å². The molecule has 0 heterocycles. The van der Waals surface area contributed by atoms with E-state index in [1.54, 1.807) is 12.1 Å². The molecule has 0 radical (unpaired) electrons. The number of amides is 2. The van der Waals surface area contributed by atoms with Crippen LogP contribution in [-0.2, 0) is 11.2 Å². The maximum absolute atomic E-state index is 12.1. The Balaban J connectivity index is 1.69. The predicted octanol–water partition coefficient (Wildman–Crippen LogP) is 3.06. The molecule has 0 spiro atoms. The van der Waals surface area contributed by atoms with Crippen LogP contribution in [0.25, 0.3) is 0 Å². The van der Waals surface area contributed by atoms with Gasteiger partial charge in [0.15, 0.2) is 0 Å². The van der Waals surface area contributed by atoms with Gasteiger partial charge in [0.2, 0.25) is 5.91 Å². The van der Waals surface area contributed by atoms with Gasteiger partial charge in [-0.05, 0) is 36.2 Å². The summed E-state index contributed by atoms with van der Waals surface area (Å²) in [6.45, 7) is 2.68.